The maximum absolute atomic E-state index is 13.4. The van der Waals surface area contributed by atoms with E-state index < -0.39 is 0 Å². The summed E-state index contributed by atoms with van der Waals surface area (Å²) in [6.07, 6.45) is 1.04. The van der Waals surface area contributed by atoms with Crippen molar-refractivity contribution in [3.63, 3.8) is 0 Å². The lowest BCUT2D eigenvalue weighted by Crippen LogP contribution is -2.14. The number of benzene rings is 2. The van der Waals surface area contributed by atoms with Gasteiger partial charge >= 0.3 is 0 Å². The highest BCUT2D eigenvalue weighted by Crippen LogP contribution is 2.29. The second-order valence-corrected chi connectivity index (χ2v) is 5.30. The summed E-state index contributed by atoms with van der Waals surface area (Å²) < 4.78 is 19.4. The summed E-state index contributed by atoms with van der Waals surface area (Å²) >= 11 is 0. The number of ether oxygens (including phenoxy) is 1. The van der Waals surface area contributed by atoms with Crippen molar-refractivity contribution < 1.29 is 9.13 Å². The normalized spacial score (nSPS) is 10.7. The summed E-state index contributed by atoms with van der Waals surface area (Å²) in [4.78, 5) is 0. The summed E-state index contributed by atoms with van der Waals surface area (Å²) in [7, 11) is 0. The molecule has 0 saturated carbocycles. The first kappa shape index (κ1) is 15.5. The Morgan fingerprint density at radius 1 is 1.05 bits per heavy atom. The molecular weight excluding hydrogens is 265 g/mol. The highest BCUT2D eigenvalue weighted by atomic mass is 19.1. The lowest BCUT2D eigenvalue weighted by molar-refractivity contribution is 0.466. The van der Waals surface area contributed by atoms with Crippen LogP contribution in [0, 0.1) is 19.7 Å². The quantitative estimate of drug-likeness (QED) is 0.775. The van der Waals surface area contributed by atoms with Crippen LogP contribution in [0.25, 0.3) is 0 Å². The van der Waals surface area contributed by atoms with Crippen LogP contribution in [0.3, 0.4) is 0 Å². The van der Waals surface area contributed by atoms with Gasteiger partial charge in [-0.05, 0) is 56.6 Å². The summed E-state index contributed by atoms with van der Waals surface area (Å²) in [6.45, 7) is 7.67. The number of nitrogens with one attached hydrogen (secondary N) is 1. The Labute approximate surface area is 126 Å². The fourth-order valence-electron chi connectivity index (χ4n) is 2.22. The van der Waals surface area contributed by atoms with E-state index in [9.17, 15) is 4.39 Å². The van der Waals surface area contributed by atoms with Crippen molar-refractivity contribution in [3.8, 4) is 11.5 Å². The van der Waals surface area contributed by atoms with Gasteiger partial charge in [0.2, 0.25) is 0 Å². The molecule has 0 radical (unpaired) electrons. The fourth-order valence-corrected chi connectivity index (χ4v) is 2.22. The molecular formula is C18H22FNO. The highest BCUT2D eigenvalue weighted by Gasteiger charge is 2.08. The third kappa shape index (κ3) is 4.30. The van der Waals surface area contributed by atoms with Crippen LogP contribution in [-0.2, 0) is 6.54 Å². The van der Waals surface area contributed by atoms with E-state index in [2.05, 4.69) is 25.2 Å². The Bertz CT molecular complexity index is 610. The Hall–Kier alpha value is -1.87. The average molecular weight is 287 g/mol. The fraction of sp³-hybridized carbons (Fsp3) is 0.333. The molecule has 0 aromatic heterocycles. The first-order valence-electron chi connectivity index (χ1n) is 7.34. The molecule has 2 aromatic carbocycles. The van der Waals surface area contributed by atoms with Crippen molar-refractivity contribution in [2.75, 3.05) is 6.54 Å². The molecule has 3 heteroatoms. The largest absolute Gasteiger partial charge is 0.457 e. The van der Waals surface area contributed by atoms with Crippen LogP contribution in [0.4, 0.5) is 4.39 Å². The van der Waals surface area contributed by atoms with Crippen LogP contribution in [0.1, 0.15) is 30.0 Å². The maximum Gasteiger partial charge on any atom is 0.132 e. The number of hydrogen-bond donors (Lipinski definition) is 1. The van der Waals surface area contributed by atoms with Gasteiger partial charge in [-0.25, -0.2) is 4.39 Å². The van der Waals surface area contributed by atoms with E-state index in [4.69, 9.17) is 4.74 Å². The standard InChI is InChI=1S/C18H22FNO/c1-4-9-20-12-15-11-16(19)6-8-18(15)21-17-7-5-13(2)10-14(17)3/h5-8,10-11,20H,4,9,12H2,1-3H3. The van der Waals surface area contributed by atoms with E-state index in [1.165, 1.54) is 17.7 Å². The summed E-state index contributed by atoms with van der Waals surface area (Å²) in [5, 5.41) is 3.28. The van der Waals surface area contributed by atoms with E-state index in [0.29, 0.717) is 12.3 Å². The monoisotopic (exact) mass is 287 g/mol. The maximum atomic E-state index is 13.4. The van der Waals surface area contributed by atoms with Crippen LogP contribution < -0.4 is 10.1 Å². The minimum Gasteiger partial charge on any atom is -0.457 e. The van der Waals surface area contributed by atoms with Gasteiger partial charge in [0.05, 0.1) is 0 Å². The van der Waals surface area contributed by atoms with Gasteiger partial charge in [-0.3, -0.25) is 0 Å². The third-order valence-electron chi connectivity index (χ3n) is 3.32. The van der Waals surface area contributed by atoms with Gasteiger partial charge in [0.25, 0.3) is 0 Å². The van der Waals surface area contributed by atoms with E-state index in [1.807, 2.05) is 19.1 Å². The van der Waals surface area contributed by atoms with Crippen molar-refractivity contribution in [2.45, 2.75) is 33.7 Å². The molecule has 0 aliphatic heterocycles. The third-order valence-corrected chi connectivity index (χ3v) is 3.32. The molecule has 0 unspecified atom stereocenters. The smallest absolute Gasteiger partial charge is 0.132 e. The second kappa shape index (κ2) is 7.23. The molecule has 0 atom stereocenters. The number of aryl methyl sites for hydroxylation is 2. The topological polar surface area (TPSA) is 21.3 Å². The number of halogens is 1. The van der Waals surface area contributed by atoms with Crippen LogP contribution in [-0.4, -0.2) is 6.54 Å². The molecule has 2 nitrogen and oxygen atoms in total. The molecule has 0 aliphatic rings. The predicted octanol–water partition coefficient (Wildman–Crippen LogP) is 4.73. The van der Waals surface area contributed by atoms with Crippen LogP contribution in [0.5, 0.6) is 11.5 Å². The van der Waals surface area contributed by atoms with Crippen LogP contribution >= 0.6 is 0 Å². The molecule has 21 heavy (non-hydrogen) atoms. The lowest BCUT2D eigenvalue weighted by atomic mass is 10.1. The van der Waals surface area contributed by atoms with Gasteiger partial charge in [0.1, 0.15) is 17.3 Å². The SMILES string of the molecule is CCCNCc1cc(F)ccc1Oc1ccc(C)cc1C. The molecule has 0 spiro atoms. The summed E-state index contributed by atoms with van der Waals surface area (Å²) in [5.41, 5.74) is 3.11. The second-order valence-electron chi connectivity index (χ2n) is 5.30. The van der Waals surface area contributed by atoms with Gasteiger partial charge in [-0.2, -0.15) is 0 Å². The van der Waals surface area contributed by atoms with Gasteiger partial charge in [0.15, 0.2) is 0 Å². The Kier molecular flexibility index (Phi) is 5.34. The highest BCUT2D eigenvalue weighted by molar-refractivity contribution is 5.42. The Morgan fingerprint density at radius 3 is 2.52 bits per heavy atom. The molecule has 0 heterocycles. The average Bonchev–Trinajstić information content (AvgIpc) is 2.44. The Morgan fingerprint density at radius 2 is 1.81 bits per heavy atom. The number of rotatable bonds is 6. The van der Waals surface area contributed by atoms with Gasteiger partial charge < -0.3 is 10.1 Å². The first-order chi connectivity index (χ1) is 10.1. The molecule has 0 amide bonds. The van der Waals surface area contributed by atoms with Crippen molar-refractivity contribution >= 4 is 0 Å². The Balaban J connectivity index is 2.22. The van der Waals surface area contributed by atoms with Crippen molar-refractivity contribution in [1.82, 2.24) is 5.32 Å². The summed E-state index contributed by atoms with van der Waals surface area (Å²) in [6, 6.07) is 10.7. The molecule has 0 saturated heterocycles. The molecule has 2 rings (SSSR count). The van der Waals surface area contributed by atoms with Gasteiger partial charge in [-0.1, -0.05) is 24.6 Å². The molecule has 0 bridgehead atoms. The molecule has 1 N–H and O–H groups in total. The van der Waals surface area contributed by atoms with Crippen molar-refractivity contribution in [2.24, 2.45) is 0 Å². The van der Waals surface area contributed by atoms with E-state index >= 15 is 0 Å². The minimum absolute atomic E-state index is 0.240. The van der Waals surface area contributed by atoms with Crippen LogP contribution in [0.15, 0.2) is 36.4 Å². The zero-order valence-corrected chi connectivity index (χ0v) is 12.9. The molecule has 2 aromatic rings. The zero-order valence-electron chi connectivity index (χ0n) is 12.9. The van der Waals surface area contributed by atoms with E-state index in [0.717, 1.165) is 29.8 Å². The molecule has 0 aliphatic carbocycles. The predicted molar refractivity (Wildman–Crippen MR) is 84.4 cm³/mol. The zero-order chi connectivity index (χ0) is 15.2. The first-order valence-corrected chi connectivity index (χ1v) is 7.34. The molecule has 112 valence electrons. The van der Waals surface area contributed by atoms with E-state index in [1.54, 1.807) is 6.07 Å². The summed E-state index contributed by atoms with van der Waals surface area (Å²) in [5.74, 6) is 1.27. The number of hydrogen-bond acceptors (Lipinski definition) is 2. The van der Waals surface area contributed by atoms with Crippen molar-refractivity contribution in [3.05, 3.63) is 58.9 Å². The van der Waals surface area contributed by atoms with Crippen molar-refractivity contribution in [1.29, 1.82) is 0 Å². The van der Waals surface area contributed by atoms with Crippen LogP contribution in [0.2, 0.25) is 0 Å². The van der Waals surface area contributed by atoms with E-state index in [-0.39, 0.29) is 5.82 Å². The minimum atomic E-state index is -0.240. The van der Waals surface area contributed by atoms with Gasteiger partial charge in [-0.15, -0.1) is 0 Å². The molecule has 0 fully saturated rings. The van der Waals surface area contributed by atoms with Gasteiger partial charge in [0, 0.05) is 12.1 Å². The lowest BCUT2D eigenvalue weighted by Gasteiger charge is -2.14.